The summed E-state index contributed by atoms with van der Waals surface area (Å²) < 4.78 is 4.72. The zero-order valence-electron chi connectivity index (χ0n) is 7.24. The predicted molar refractivity (Wildman–Crippen MR) is 41.8 cm³/mol. The first-order chi connectivity index (χ1) is 5.57. The molecular weight excluding hydrogens is 162 g/mol. The van der Waals surface area contributed by atoms with Crippen LogP contribution in [0.1, 0.15) is 6.92 Å². The van der Waals surface area contributed by atoms with Crippen molar-refractivity contribution < 1.29 is 19.4 Å². The SMILES string of the molecule is COCCN(CC(=O)O)C(C)=O. The molecule has 0 fully saturated rings. The smallest absolute Gasteiger partial charge is 0.323 e. The Morgan fingerprint density at radius 3 is 2.42 bits per heavy atom. The molecule has 0 atom stereocenters. The number of carboxylic acids is 1. The van der Waals surface area contributed by atoms with Gasteiger partial charge in [-0.1, -0.05) is 0 Å². The van der Waals surface area contributed by atoms with Crippen LogP contribution >= 0.6 is 0 Å². The summed E-state index contributed by atoms with van der Waals surface area (Å²) in [6.45, 7) is 1.74. The molecule has 5 nitrogen and oxygen atoms in total. The van der Waals surface area contributed by atoms with Crippen LogP contribution < -0.4 is 0 Å². The number of methoxy groups -OCH3 is 1. The second-order valence-electron chi connectivity index (χ2n) is 2.33. The first kappa shape index (κ1) is 10.9. The lowest BCUT2D eigenvalue weighted by Crippen LogP contribution is -2.36. The van der Waals surface area contributed by atoms with Gasteiger partial charge in [-0.05, 0) is 0 Å². The molecule has 0 rings (SSSR count). The van der Waals surface area contributed by atoms with E-state index in [1.54, 1.807) is 0 Å². The summed E-state index contributed by atoms with van der Waals surface area (Å²) in [7, 11) is 1.50. The standard InChI is InChI=1S/C7H13NO4/c1-6(9)8(3-4-12-2)5-7(10)11/h3-5H2,1-2H3,(H,10,11). The van der Waals surface area contributed by atoms with Crippen LogP contribution in [0.15, 0.2) is 0 Å². The molecule has 70 valence electrons. The molecule has 0 aromatic heterocycles. The Hall–Kier alpha value is -1.10. The topological polar surface area (TPSA) is 66.8 Å². The van der Waals surface area contributed by atoms with Gasteiger partial charge in [0.1, 0.15) is 6.54 Å². The number of hydrogen-bond acceptors (Lipinski definition) is 3. The molecule has 0 aromatic carbocycles. The van der Waals surface area contributed by atoms with Crippen molar-refractivity contribution in [3.63, 3.8) is 0 Å². The Balaban J connectivity index is 3.87. The minimum absolute atomic E-state index is 0.255. The molecule has 0 aliphatic carbocycles. The second kappa shape index (κ2) is 5.54. The van der Waals surface area contributed by atoms with E-state index in [-0.39, 0.29) is 12.5 Å². The number of nitrogens with zero attached hydrogens (tertiary/aromatic N) is 1. The molecule has 0 heterocycles. The molecule has 1 amide bonds. The van der Waals surface area contributed by atoms with E-state index in [4.69, 9.17) is 9.84 Å². The van der Waals surface area contributed by atoms with E-state index in [1.807, 2.05) is 0 Å². The lowest BCUT2D eigenvalue weighted by Gasteiger charge is -2.17. The minimum atomic E-state index is -1.01. The summed E-state index contributed by atoms with van der Waals surface area (Å²) in [4.78, 5) is 22.2. The maximum atomic E-state index is 10.8. The van der Waals surface area contributed by atoms with Gasteiger partial charge in [0.25, 0.3) is 0 Å². The van der Waals surface area contributed by atoms with Crippen LogP contribution in [0.3, 0.4) is 0 Å². The number of rotatable bonds is 5. The molecule has 0 aliphatic heterocycles. The summed E-state index contributed by atoms with van der Waals surface area (Å²) in [5, 5.41) is 8.40. The highest BCUT2D eigenvalue weighted by Crippen LogP contribution is 1.89. The van der Waals surface area contributed by atoms with Crippen LogP contribution in [-0.2, 0) is 14.3 Å². The molecule has 0 aliphatic rings. The quantitative estimate of drug-likeness (QED) is 0.615. The van der Waals surface area contributed by atoms with Gasteiger partial charge in [0.2, 0.25) is 5.91 Å². The van der Waals surface area contributed by atoms with E-state index < -0.39 is 5.97 Å². The summed E-state index contributed by atoms with van der Waals surface area (Å²) in [5.41, 5.74) is 0. The highest BCUT2D eigenvalue weighted by atomic mass is 16.5. The molecular formula is C7H13NO4. The molecule has 0 saturated carbocycles. The zero-order valence-corrected chi connectivity index (χ0v) is 7.24. The van der Waals surface area contributed by atoms with Crippen molar-refractivity contribution in [3.8, 4) is 0 Å². The second-order valence-corrected chi connectivity index (χ2v) is 2.33. The van der Waals surface area contributed by atoms with Gasteiger partial charge in [-0.15, -0.1) is 0 Å². The maximum Gasteiger partial charge on any atom is 0.323 e. The van der Waals surface area contributed by atoms with Gasteiger partial charge >= 0.3 is 5.97 Å². The average molecular weight is 175 g/mol. The largest absolute Gasteiger partial charge is 0.480 e. The van der Waals surface area contributed by atoms with Crippen LogP contribution in [0, 0.1) is 0 Å². The van der Waals surface area contributed by atoms with Crippen molar-refractivity contribution in [2.45, 2.75) is 6.92 Å². The van der Waals surface area contributed by atoms with Gasteiger partial charge in [0.05, 0.1) is 6.61 Å². The normalized spacial score (nSPS) is 9.50. The third kappa shape index (κ3) is 4.68. The molecule has 0 saturated heterocycles. The van der Waals surface area contributed by atoms with Gasteiger partial charge in [0.15, 0.2) is 0 Å². The highest BCUT2D eigenvalue weighted by Gasteiger charge is 2.11. The predicted octanol–water partition coefficient (Wildman–Crippen LogP) is -0.434. The Bertz CT molecular complexity index is 169. The molecule has 0 unspecified atom stereocenters. The molecule has 12 heavy (non-hydrogen) atoms. The fourth-order valence-corrected chi connectivity index (χ4v) is 0.713. The van der Waals surface area contributed by atoms with Crippen LogP contribution in [-0.4, -0.2) is 48.7 Å². The summed E-state index contributed by atoms with van der Waals surface area (Å²) in [5.74, 6) is -1.27. The van der Waals surface area contributed by atoms with Crippen LogP contribution in [0.5, 0.6) is 0 Å². The fourth-order valence-electron chi connectivity index (χ4n) is 0.713. The Kier molecular flexibility index (Phi) is 5.03. The summed E-state index contributed by atoms with van der Waals surface area (Å²) in [6, 6.07) is 0. The highest BCUT2D eigenvalue weighted by molar-refractivity contribution is 5.79. The van der Waals surface area contributed by atoms with Crippen molar-refractivity contribution in [2.24, 2.45) is 0 Å². The van der Waals surface area contributed by atoms with Gasteiger partial charge in [-0.3, -0.25) is 9.59 Å². The van der Waals surface area contributed by atoms with Gasteiger partial charge in [-0.2, -0.15) is 0 Å². The molecule has 1 N–H and O–H groups in total. The first-order valence-electron chi connectivity index (χ1n) is 3.54. The molecule has 5 heteroatoms. The van der Waals surface area contributed by atoms with E-state index in [1.165, 1.54) is 18.9 Å². The third-order valence-corrected chi connectivity index (χ3v) is 1.34. The van der Waals surface area contributed by atoms with Crippen molar-refractivity contribution in [1.29, 1.82) is 0 Å². The lowest BCUT2D eigenvalue weighted by atomic mass is 10.4. The van der Waals surface area contributed by atoms with Gasteiger partial charge < -0.3 is 14.7 Å². The van der Waals surface area contributed by atoms with E-state index in [0.29, 0.717) is 13.2 Å². The van der Waals surface area contributed by atoms with E-state index in [2.05, 4.69) is 0 Å². The third-order valence-electron chi connectivity index (χ3n) is 1.34. The lowest BCUT2D eigenvalue weighted by molar-refractivity contribution is -0.144. The van der Waals surface area contributed by atoms with Crippen LogP contribution in [0.2, 0.25) is 0 Å². The number of ether oxygens (including phenoxy) is 1. The summed E-state index contributed by atoms with van der Waals surface area (Å²) >= 11 is 0. The van der Waals surface area contributed by atoms with Gasteiger partial charge in [-0.25, -0.2) is 0 Å². The first-order valence-corrected chi connectivity index (χ1v) is 3.54. The zero-order chi connectivity index (χ0) is 9.56. The Morgan fingerprint density at radius 2 is 2.08 bits per heavy atom. The fraction of sp³-hybridized carbons (Fsp3) is 0.714. The van der Waals surface area contributed by atoms with Crippen LogP contribution in [0.25, 0.3) is 0 Å². The van der Waals surface area contributed by atoms with Crippen molar-refractivity contribution >= 4 is 11.9 Å². The number of carbonyl (C=O) groups is 2. The number of carboxylic acid groups (broad SMARTS) is 1. The van der Waals surface area contributed by atoms with Crippen molar-refractivity contribution in [1.82, 2.24) is 4.90 Å². The van der Waals surface area contributed by atoms with E-state index >= 15 is 0 Å². The van der Waals surface area contributed by atoms with E-state index in [0.717, 1.165) is 0 Å². The number of amides is 1. The van der Waals surface area contributed by atoms with Crippen LogP contribution in [0.4, 0.5) is 0 Å². The maximum absolute atomic E-state index is 10.8. The van der Waals surface area contributed by atoms with Crippen molar-refractivity contribution in [3.05, 3.63) is 0 Å². The summed E-state index contributed by atoms with van der Waals surface area (Å²) in [6.07, 6.45) is 0. The minimum Gasteiger partial charge on any atom is -0.480 e. The molecule has 0 radical (unpaired) electrons. The van der Waals surface area contributed by atoms with Gasteiger partial charge in [0, 0.05) is 20.6 Å². The van der Waals surface area contributed by atoms with E-state index in [9.17, 15) is 9.59 Å². The molecule has 0 bridgehead atoms. The monoisotopic (exact) mass is 175 g/mol. The molecule has 0 aromatic rings. The Morgan fingerprint density at radius 1 is 1.50 bits per heavy atom. The number of carbonyl (C=O) groups excluding carboxylic acids is 1. The Labute approximate surface area is 70.9 Å². The molecule has 0 spiro atoms. The number of hydrogen-bond donors (Lipinski definition) is 1. The average Bonchev–Trinajstić information content (AvgIpc) is 1.96. The number of aliphatic carboxylic acids is 1. The van der Waals surface area contributed by atoms with Crippen molar-refractivity contribution in [2.75, 3.05) is 26.8 Å².